The molecule has 5 aromatic rings. The predicted octanol–water partition coefficient (Wildman–Crippen LogP) is 5.77. The Morgan fingerprint density at radius 2 is 1.38 bits per heavy atom. The third-order valence-electron chi connectivity index (χ3n) is 4.69. The largest absolute Gasteiger partial charge is 0.457 e. The van der Waals surface area contributed by atoms with Gasteiger partial charge >= 0.3 is 0 Å². The molecule has 0 amide bonds. The van der Waals surface area contributed by atoms with Gasteiger partial charge in [-0.3, -0.25) is 10.1 Å². The van der Waals surface area contributed by atoms with Crippen molar-refractivity contribution in [3.05, 3.63) is 97.3 Å². The minimum Gasteiger partial charge on any atom is -0.457 e. The number of para-hydroxylation sites is 1. The Morgan fingerprint density at radius 1 is 0.724 bits per heavy atom. The lowest BCUT2D eigenvalue weighted by Crippen LogP contribution is -1.91. The normalized spacial score (nSPS) is 10.9. The van der Waals surface area contributed by atoms with Crippen LogP contribution >= 0.6 is 0 Å². The van der Waals surface area contributed by atoms with Crippen LogP contribution in [0.25, 0.3) is 28.2 Å². The molecule has 0 atom stereocenters. The lowest BCUT2D eigenvalue weighted by atomic mass is 10.1. The Bertz CT molecular complexity index is 1260. The van der Waals surface area contributed by atoms with Gasteiger partial charge in [0, 0.05) is 23.5 Å². The van der Waals surface area contributed by atoms with Crippen LogP contribution in [0.3, 0.4) is 0 Å². The summed E-state index contributed by atoms with van der Waals surface area (Å²) in [6.07, 6.45) is 3.48. The van der Waals surface area contributed by atoms with Crippen molar-refractivity contribution in [2.45, 2.75) is 0 Å². The predicted molar refractivity (Wildman–Crippen MR) is 113 cm³/mol. The molecule has 3 aromatic carbocycles. The van der Waals surface area contributed by atoms with E-state index in [1.165, 1.54) is 0 Å². The van der Waals surface area contributed by atoms with Crippen LogP contribution in [0.5, 0.6) is 11.5 Å². The summed E-state index contributed by atoms with van der Waals surface area (Å²) >= 11 is 0. The van der Waals surface area contributed by atoms with E-state index in [1.54, 1.807) is 6.20 Å². The van der Waals surface area contributed by atoms with Crippen LogP contribution in [0.15, 0.2) is 97.3 Å². The summed E-state index contributed by atoms with van der Waals surface area (Å²) in [6.45, 7) is 0. The number of benzene rings is 3. The highest BCUT2D eigenvalue weighted by atomic mass is 16.5. The first-order valence-corrected chi connectivity index (χ1v) is 9.27. The molecule has 2 aromatic heterocycles. The molecule has 0 unspecified atom stereocenters. The van der Waals surface area contributed by atoms with Crippen LogP contribution < -0.4 is 10.5 Å². The van der Waals surface area contributed by atoms with Gasteiger partial charge in [0.05, 0.1) is 0 Å². The third-order valence-corrected chi connectivity index (χ3v) is 4.69. The number of nitrogens with zero attached hydrogens (tertiary/aromatic N) is 3. The number of rotatable bonds is 4. The molecule has 0 fully saturated rings. The molecule has 1 radical (unpaired) electrons. The fourth-order valence-electron chi connectivity index (χ4n) is 3.34. The molecule has 5 nitrogen and oxygen atoms in total. The van der Waals surface area contributed by atoms with Crippen molar-refractivity contribution in [1.82, 2.24) is 20.1 Å². The highest BCUT2D eigenvalue weighted by Crippen LogP contribution is 2.33. The van der Waals surface area contributed by atoms with Crippen LogP contribution in [0.4, 0.5) is 5.82 Å². The lowest BCUT2D eigenvalue weighted by molar-refractivity contribution is 0.483. The SMILES string of the molecule is [NH]c1nccn2c(-c3ccccc3)nc(-c3ccc(Oc4ccccc4)cc3)c12. The first-order chi connectivity index (χ1) is 14.3. The topological polar surface area (TPSA) is 63.2 Å². The Kier molecular flexibility index (Phi) is 4.18. The maximum Gasteiger partial charge on any atom is 0.171 e. The number of ether oxygens (including phenoxy) is 1. The van der Waals surface area contributed by atoms with Gasteiger partial charge in [0.25, 0.3) is 0 Å². The zero-order chi connectivity index (χ0) is 19.6. The van der Waals surface area contributed by atoms with Gasteiger partial charge in [-0.2, -0.15) is 0 Å². The molecule has 0 aliphatic heterocycles. The minimum atomic E-state index is 0.196. The van der Waals surface area contributed by atoms with Crippen LogP contribution in [-0.4, -0.2) is 14.4 Å². The summed E-state index contributed by atoms with van der Waals surface area (Å²) in [5, 5.41) is 0. The Morgan fingerprint density at radius 3 is 2.10 bits per heavy atom. The van der Waals surface area contributed by atoms with E-state index >= 15 is 0 Å². The number of hydrogen-bond acceptors (Lipinski definition) is 3. The number of aromatic nitrogens is 3. The number of imidazole rings is 1. The molecule has 2 heterocycles. The van der Waals surface area contributed by atoms with Crippen molar-refractivity contribution in [1.29, 1.82) is 0 Å². The van der Waals surface area contributed by atoms with E-state index in [9.17, 15) is 0 Å². The quantitative estimate of drug-likeness (QED) is 0.399. The van der Waals surface area contributed by atoms with Crippen LogP contribution in [0, 0.1) is 0 Å². The van der Waals surface area contributed by atoms with Gasteiger partial charge in [-0.15, -0.1) is 0 Å². The van der Waals surface area contributed by atoms with Crippen LogP contribution in [0.2, 0.25) is 0 Å². The highest BCUT2D eigenvalue weighted by Gasteiger charge is 2.17. The van der Waals surface area contributed by atoms with Crippen LogP contribution in [0.1, 0.15) is 0 Å². The number of nitrogens with one attached hydrogen (secondary N) is 1. The van der Waals surface area contributed by atoms with Gasteiger partial charge in [0.2, 0.25) is 0 Å². The van der Waals surface area contributed by atoms with Gasteiger partial charge in [-0.25, -0.2) is 9.97 Å². The van der Waals surface area contributed by atoms with Gasteiger partial charge in [-0.1, -0.05) is 48.5 Å². The molecule has 0 saturated carbocycles. The van der Waals surface area contributed by atoms with Gasteiger partial charge < -0.3 is 4.74 Å². The average Bonchev–Trinajstić information content (AvgIpc) is 3.17. The smallest absolute Gasteiger partial charge is 0.171 e. The third kappa shape index (κ3) is 3.19. The fourth-order valence-corrected chi connectivity index (χ4v) is 3.34. The van der Waals surface area contributed by atoms with Crippen molar-refractivity contribution in [3.63, 3.8) is 0 Å². The maximum atomic E-state index is 8.32. The second-order valence-electron chi connectivity index (χ2n) is 6.58. The Hall–Kier alpha value is -4.12. The van der Waals surface area contributed by atoms with Crippen molar-refractivity contribution in [2.75, 3.05) is 0 Å². The molecule has 5 heteroatoms. The van der Waals surface area contributed by atoms with Crippen molar-refractivity contribution in [3.8, 4) is 34.1 Å². The van der Waals surface area contributed by atoms with Gasteiger partial charge in [-0.05, 0) is 36.4 Å². The van der Waals surface area contributed by atoms with E-state index in [-0.39, 0.29) is 5.82 Å². The second-order valence-corrected chi connectivity index (χ2v) is 6.58. The number of hydrogen-bond donors (Lipinski definition) is 0. The molecule has 5 rings (SSSR count). The first-order valence-electron chi connectivity index (χ1n) is 9.27. The molecule has 0 bridgehead atoms. The average molecular weight is 377 g/mol. The van der Waals surface area contributed by atoms with Crippen molar-refractivity contribution >= 4 is 11.3 Å². The number of fused-ring (bicyclic) bond motifs is 1. The molecular formula is C24H17N4O. The van der Waals surface area contributed by atoms with E-state index < -0.39 is 0 Å². The summed E-state index contributed by atoms with van der Waals surface area (Å²) in [6, 6.07) is 27.4. The van der Waals surface area contributed by atoms with E-state index in [1.807, 2.05) is 95.5 Å². The second kappa shape index (κ2) is 7.13. The summed E-state index contributed by atoms with van der Waals surface area (Å²) in [5.74, 6) is 2.52. The molecule has 139 valence electrons. The van der Waals surface area contributed by atoms with E-state index in [0.29, 0.717) is 5.52 Å². The molecular weight excluding hydrogens is 360 g/mol. The molecule has 0 spiro atoms. The summed E-state index contributed by atoms with van der Waals surface area (Å²) < 4.78 is 7.80. The minimum absolute atomic E-state index is 0.196. The van der Waals surface area contributed by atoms with Crippen LogP contribution in [-0.2, 0) is 0 Å². The summed E-state index contributed by atoms with van der Waals surface area (Å²) in [4.78, 5) is 9.02. The van der Waals surface area contributed by atoms with E-state index in [0.717, 1.165) is 34.1 Å². The molecule has 0 aliphatic rings. The standard InChI is InChI=1S/C24H17N4O/c25-23-22-21(17-11-13-20(14-12-17)29-19-9-5-2-6-10-19)27-24(28(22)16-15-26-23)18-7-3-1-4-8-18/h1-16,25H. The zero-order valence-corrected chi connectivity index (χ0v) is 15.5. The molecule has 0 saturated heterocycles. The van der Waals surface area contributed by atoms with E-state index in [2.05, 4.69) is 4.98 Å². The lowest BCUT2D eigenvalue weighted by Gasteiger charge is -2.06. The van der Waals surface area contributed by atoms with Crippen molar-refractivity contribution in [2.24, 2.45) is 0 Å². The highest BCUT2D eigenvalue weighted by molar-refractivity contribution is 5.87. The summed E-state index contributed by atoms with van der Waals surface area (Å²) in [7, 11) is 0. The van der Waals surface area contributed by atoms with Crippen molar-refractivity contribution < 1.29 is 4.74 Å². The van der Waals surface area contributed by atoms with E-state index in [4.69, 9.17) is 15.5 Å². The first kappa shape index (κ1) is 17.0. The fraction of sp³-hybridized carbons (Fsp3) is 0. The Balaban J connectivity index is 1.58. The zero-order valence-electron chi connectivity index (χ0n) is 15.5. The molecule has 0 aliphatic carbocycles. The Labute approximate surface area is 168 Å². The summed E-state index contributed by atoms with van der Waals surface area (Å²) in [5.41, 5.74) is 11.6. The maximum absolute atomic E-state index is 8.32. The van der Waals surface area contributed by atoms with Gasteiger partial charge in [0.15, 0.2) is 5.82 Å². The monoisotopic (exact) mass is 377 g/mol. The molecule has 29 heavy (non-hydrogen) atoms. The molecule has 1 N–H and O–H groups in total. The van der Waals surface area contributed by atoms with Gasteiger partial charge in [0.1, 0.15) is 28.5 Å².